The van der Waals surface area contributed by atoms with Gasteiger partial charge in [-0.2, -0.15) is 0 Å². The second kappa shape index (κ2) is 6.85. The van der Waals surface area contributed by atoms with Crippen molar-refractivity contribution in [2.45, 2.75) is 13.8 Å². The number of carboxylic acids is 1. The molecular weight excluding hydrogens is 222 g/mol. The summed E-state index contributed by atoms with van der Waals surface area (Å²) >= 11 is 0. The fraction of sp³-hybridized carbons (Fsp3) is 0.500. The van der Waals surface area contributed by atoms with E-state index in [1.165, 1.54) is 12.3 Å². The van der Waals surface area contributed by atoms with E-state index in [2.05, 4.69) is 18.8 Å². The largest absolute Gasteiger partial charge is 0.477 e. The molecule has 0 unspecified atom stereocenters. The van der Waals surface area contributed by atoms with Crippen LogP contribution in [0.5, 0.6) is 5.88 Å². The Hall–Kier alpha value is -1.62. The summed E-state index contributed by atoms with van der Waals surface area (Å²) in [6.07, 6.45) is 1.50. The summed E-state index contributed by atoms with van der Waals surface area (Å²) in [6.45, 7) is 5.50. The van der Waals surface area contributed by atoms with Crippen molar-refractivity contribution in [3.05, 3.63) is 23.9 Å². The molecule has 0 bridgehead atoms. The number of rotatable bonds is 7. The molecule has 0 saturated heterocycles. The average molecular weight is 239 g/mol. The Morgan fingerprint density at radius 2 is 2.24 bits per heavy atom. The molecule has 94 valence electrons. The smallest absolute Gasteiger partial charge is 0.341 e. The Kier molecular flexibility index (Phi) is 5.42. The molecule has 0 aromatic carbocycles. The van der Waals surface area contributed by atoms with Crippen LogP contribution in [0, 0.1) is 5.92 Å². The zero-order chi connectivity index (χ0) is 12.7. The third-order valence-corrected chi connectivity index (χ3v) is 1.92. The highest BCUT2D eigenvalue weighted by Crippen LogP contribution is 2.13. The van der Waals surface area contributed by atoms with E-state index in [0.29, 0.717) is 25.7 Å². The Morgan fingerprint density at radius 1 is 1.47 bits per heavy atom. The molecule has 1 aromatic heterocycles. The van der Waals surface area contributed by atoms with E-state index in [0.717, 1.165) is 0 Å². The van der Waals surface area contributed by atoms with Gasteiger partial charge < -0.3 is 14.6 Å². The number of carbonyl (C=O) groups is 1. The van der Waals surface area contributed by atoms with Gasteiger partial charge in [0.25, 0.3) is 0 Å². The highest BCUT2D eigenvalue weighted by Gasteiger charge is 2.11. The predicted octanol–water partition coefficient (Wildman–Crippen LogP) is 1.83. The molecule has 0 aliphatic rings. The highest BCUT2D eigenvalue weighted by atomic mass is 16.5. The Labute approximate surface area is 100 Å². The van der Waals surface area contributed by atoms with E-state index in [-0.39, 0.29) is 11.4 Å². The second-order valence-corrected chi connectivity index (χ2v) is 3.98. The average Bonchev–Trinajstić information content (AvgIpc) is 2.28. The number of aromatic carboxylic acids is 1. The topological polar surface area (TPSA) is 68.7 Å². The first-order valence-corrected chi connectivity index (χ1v) is 5.50. The molecule has 1 N–H and O–H groups in total. The second-order valence-electron chi connectivity index (χ2n) is 3.98. The molecule has 0 spiro atoms. The minimum Gasteiger partial charge on any atom is -0.477 e. The quantitative estimate of drug-likeness (QED) is 0.735. The van der Waals surface area contributed by atoms with E-state index in [1.54, 1.807) is 6.07 Å². The number of hydrogen-bond acceptors (Lipinski definition) is 4. The van der Waals surface area contributed by atoms with Crippen molar-refractivity contribution in [1.29, 1.82) is 0 Å². The van der Waals surface area contributed by atoms with Crippen LogP contribution in [0.3, 0.4) is 0 Å². The lowest BCUT2D eigenvalue weighted by molar-refractivity contribution is 0.0673. The molecule has 5 heteroatoms. The molecule has 0 fully saturated rings. The van der Waals surface area contributed by atoms with Crippen molar-refractivity contribution < 1.29 is 19.4 Å². The van der Waals surface area contributed by atoms with Crippen molar-refractivity contribution in [3.63, 3.8) is 0 Å². The van der Waals surface area contributed by atoms with Gasteiger partial charge in [-0.3, -0.25) is 0 Å². The van der Waals surface area contributed by atoms with Gasteiger partial charge in [-0.15, -0.1) is 0 Å². The van der Waals surface area contributed by atoms with Gasteiger partial charge in [0.15, 0.2) is 0 Å². The lowest BCUT2D eigenvalue weighted by atomic mass is 10.2. The molecule has 0 aliphatic carbocycles. The van der Waals surface area contributed by atoms with Crippen LogP contribution in [-0.2, 0) is 4.74 Å². The summed E-state index contributed by atoms with van der Waals surface area (Å²) in [5, 5.41) is 8.89. The standard InChI is InChI=1S/C12H17NO4/c1-9(2)8-16-6-7-17-11-10(12(14)15)4-3-5-13-11/h3-5,9H,6-8H2,1-2H3,(H,14,15). The summed E-state index contributed by atoms with van der Waals surface area (Å²) in [5.74, 6) is -0.441. The number of aromatic nitrogens is 1. The maximum absolute atomic E-state index is 10.8. The fourth-order valence-corrected chi connectivity index (χ4v) is 1.18. The molecule has 17 heavy (non-hydrogen) atoms. The molecular formula is C12H17NO4. The van der Waals surface area contributed by atoms with E-state index < -0.39 is 5.97 Å². The molecule has 0 aliphatic heterocycles. The normalized spacial score (nSPS) is 10.5. The van der Waals surface area contributed by atoms with Gasteiger partial charge in [-0.1, -0.05) is 13.8 Å². The molecule has 0 saturated carbocycles. The van der Waals surface area contributed by atoms with Gasteiger partial charge in [-0.05, 0) is 18.1 Å². The summed E-state index contributed by atoms with van der Waals surface area (Å²) in [4.78, 5) is 14.7. The van der Waals surface area contributed by atoms with E-state index >= 15 is 0 Å². The monoisotopic (exact) mass is 239 g/mol. The number of ether oxygens (including phenoxy) is 2. The Bertz CT molecular complexity index is 365. The van der Waals surface area contributed by atoms with Crippen molar-refractivity contribution in [2.24, 2.45) is 5.92 Å². The van der Waals surface area contributed by atoms with Crippen LogP contribution in [0.4, 0.5) is 0 Å². The van der Waals surface area contributed by atoms with Crippen LogP contribution in [-0.4, -0.2) is 35.9 Å². The maximum Gasteiger partial charge on any atom is 0.341 e. The first-order chi connectivity index (χ1) is 8.11. The number of carboxylic acid groups (broad SMARTS) is 1. The van der Waals surface area contributed by atoms with Crippen molar-refractivity contribution >= 4 is 5.97 Å². The molecule has 1 heterocycles. The van der Waals surface area contributed by atoms with E-state index in [9.17, 15) is 4.79 Å². The summed E-state index contributed by atoms with van der Waals surface area (Å²) in [5.41, 5.74) is 0.0661. The molecule has 0 atom stereocenters. The maximum atomic E-state index is 10.8. The molecule has 1 rings (SSSR count). The molecule has 0 amide bonds. The van der Waals surface area contributed by atoms with E-state index in [1.807, 2.05) is 0 Å². The highest BCUT2D eigenvalue weighted by molar-refractivity contribution is 5.90. The zero-order valence-corrected chi connectivity index (χ0v) is 10.0. The van der Waals surface area contributed by atoms with E-state index in [4.69, 9.17) is 14.6 Å². The minimum atomic E-state index is -1.05. The number of nitrogens with zero attached hydrogens (tertiary/aromatic N) is 1. The van der Waals surface area contributed by atoms with Gasteiger partial charge in [0.05, 0.1) is 6.61 Å². The fourth-order valence-electron chi connectivity index (χ4n) is 1.18. The molecule has 1 aromatic rings. The third kappa shape index (κ3) is 4.82. The van der Waals surface area contributed by atoms with Gasteiger partial charge in [0.2, 0.25) is 5.88 Å². The van der Waals surface area contributed by atoms with Crippen LogP contribution in [0.25, 0.3) is 0 Å². The summed E-state index contributed by atoms with van der Waals surface area (Å²) in [7, 11) is 0. The minimum absolute atomic E-state index is 0.0661. The van der Waals surface area contributed by atoms with Crippen LogP contribution < -0.4 is 4.74 Å². The van der Waals surface area contributed by atoms with Gasteiger partial charge in [0, 0.05) is 12.8 Å². The van der Waals surface area contributed by atoms with Crippen molar-refractivity contribution in [3.8, 4) is 5.88 Å². The lowest BCUT2D eigenvalue weighted by Gasteiger charge is -2.09. The lowest BCUT2D eigenvalue weighted by Crippen LogP contribution is -2.12. The molecule has 5 nitrogen and oxygen atoms in total. The van der Waals surface area contributed by atoms with Crippen LogP contribution in [0.2, 0.25) is 0 Å². The van der Waals surface area contributed by atoms with Gasteiger partial charge >= 0.3 is 5.97 Å². The van der Waals surface area contributed by atoms with Gasteiger partial charge in [0.1, 0.15) is 12.2 Å². The first-order valence-electron chi connectivity index (χ1n) is 5.50. The van der Waals surface area contributed by atoms with Crippen molar-refractivity contribution in [1.82, 2.24) is 4.98 Å². The number of hydrogen-bond donors (Lipinski definition) is 1. The Balaban J connectivity index is 2.39. The SMILES string of the molecule is CC(C)COCCOc1ncccc1C(=O)O. The third-order valence-electron chi connectivity index (χ3n) is 1.92. The predicted molar refractivity (Wildman–Crippen MR) is 62.3 cm³/mol. The van der Waals surface area contributed by atoms with Gasteiger partial charge in [-0.25, -0.2) is 9.78 Å². The first kappa shape index (κ1) is 13.4. The summed E-state index contributed by atoms with van der Waals surface area (Å²) in [6, 6.07) is 3.02. The molecule has 0 radical (unpaired) electrons. The van der Waals surface area contributed by atoms with Crippen LogP contribution in [0.1, 0.15) is 24.2 Å². The number of pyridine rings is 1. The van der Waals surface area contributed by atoms with Crippen LogP contribution >= 0.6 is 0 Å². The summed E-state index contributed by atoms with van der Waals surface area (Å²) < 4.78 is 10.6. The zero-order valence-electron chi connectivity index (χ0n) is 10.0. The Morgan fingerprint density at radius 3 is 2.88 bits per heavy atom. The van der Waals surface area contributed by atoms with Crippen LogP contribution in [0.15, 0.2) is 18.3 Å². The van der Waals surface area contributed by atoms with Crippen molar-refractivity contribution in [2.75, 3.05) is 19.8 Å².